The third-order valence-electron chi connectivity index (χ3n) is 3.75. The Balaban J connectivity index is 2.19. The Morgan fingerprint density at radius 1 is 1.11 bits per heavy atom. The highest BCUT2D eigenvalue weighted by atomic mass is 32.2. The molecular weight excluding hydrogens is 404 g/mol. The summed E-state index contributed by atoms with van der Waals surface area (Å²) in [5.74, 6) is -2.75. The number of primary sulfonamides is 1. The number of sulfonamides is 1. The van der Waals surface area contributed by atoms with Crippen LogP contribution in [0.2, 0.25) is 0 Å². The van der Waals surface area contributed by atoms with Crippen LogP contribution >= 0.6 is 0 Å². The van der Waals surface area contributed by atoms with Crippen molar-refractivity contribution in [1.29, 1.82) is 0 Å². The topological polar surface area (TPSA) is 95.4 Å². The highest BCUT2D eigenvalue weighted by molar-refractivity contribution is 7.89. The number of ether oxygens (including phenoxy) is 1. The Hall–Kier alpha value is -2.92. The molecule has 2 aromatic carbocycles. The van der Waals surface area contributed by atoms with Gasteiger partial charge in [-0.05, 0) is 24.3 Å². The zero-order valence-electron chi connectivity index (χ0n) is 14.1. The van der Waals surface area contributed by atoms with E-state index in [1.807, 2.05) is 0 Å². The average Bonchev–Trinajstić information content (AvgIpc) is 3.06. The van der Waals surface area contributed by atoms with Crippen LogP contribution in [0.25, 0.3) is 22.6 Å². The number of hydrogen-bond acceptors (Lipinski definition) is 5. The van der Waals surface area contributed by atoms with Crippen molar-refractivity contribution in [3.05, 3.63) is 54.2 Å². The highest BCUT2D eigenvalue weighted by Crippen LogP contribution is 2.39. The number of halogens is 4. The quantitative estimate of drug-likeness (QED) is 0.653. The van der Waals surface area contributed by atoms with Crippen molar-refractivity contribution in [2.75, 3.05) is 7.11 Å². The first kappa shape index (κ1) is 19.8. The SMILES string of the molecule is COc1ccc(-c2oc(C(F)(F)F)nc2-c2ccc(S(N)(=O)=O)cc2)c(F)c1. The molecule has 0 aliphatic heterocycles. The number of nitrogens with two attached hydrogens (primary N) is 1. The molecule has 2 N–H and O–H groups in total. The van der Waals surface area contributed by atoms with E-state index in [-0.39, 0.29) is 27.5 Å². The fourth-order valence-electron chi connectivity index (χ4n) is 2.43. The fraction of sp³-hybridized carbons (Fsp3) is 0.118. The van der Waals surface area contributed by atoms with Gasteiger partial charge in [0, 0.05) is 11.6 Å². The maximum Gasteiger partial charge on any atom is 0.468 e. The number of nitrogens with zero attached hydrogens (tertiary/aromatic N) is 1. The van der Waals surface area contributed by atoms with Crippen molar-refractivity contribution in [2.24, 2.45) is 5.14 Å². The lowest BCUT2D eigenvalue weighted by Crippen LogP contribution is -2.11. The molecule has 1 heterocycles. The summed E-state index contributed by atoms with van der Waals surface area (Å²) < 4.78 is 86.0. The summed E-state index contributed by atoms with van der Waals surface area (Å²) in [5.41, 5.74) is -0.497. The second kappa shape index (κ2) is 6.91. The Morgan fingerprint density at radius 2 is 1.75 bits per heavy atom. The molecule has 0 saturated carbocycles. The Bertz CT molecular complexity index is 1120. The van der Waals surface area contributed by atoms with Gasteiger partial charge in [-0.3, -0.25) is 0 Å². The molecule has 0 unspecified atom stereocenters. The van der Waals surface area contributed by atoms with Crippen LogP contribution in [0.1, 0.15) is 5.89 Å². The molecule has 148 valence electrons. The summed E-state index contributed by atoms with van der Waals surface area (Å²) in [7, 11) is -2.69. The number of aromatic nitrogens is 1. The predicted octanol–water partition coefficient (Wildman–Crippen LogP) is 3.82. The molecule has 0 spiro atoms. The van der Waals surface area contributed by atoms with E-state index in [2.05, 4.69) is 4.98 Å². The minimum atomic E-state index is -4.91. The van der Waals surface area contributed by atoms with E-state index in [0.29, 0.717) is 0 Å². The molecule has 0 amide bonds. The van der Waals surface area contributed by atoms with Crippen molar-refractivity contribution in [3.63, 3.8) is 0 Å². The van der Waals surface area contributed by atoms with Gasteiger partial charge in [0.2, 0.25) is 10.0 Å². The van der Waals surface area contributed by atoms with Crippen LogP contribution in [-0.4, -0.2) is 20.5 Å². The molecule has 0 radical (unpaired) electrons. The number of benzene rings is 2. The van der Waals surface area contributed by atoms with Crippen LogP contribution in [0.3, 0.4) is 0 Å². The van der Waals surface area contributed by atoms with Crippen LogP contribution in [-0.2, 0) is 16.2 Å². The molecule has 3 rings (SSSR count). The molecule has 0 aliphatic carbocycles. The van der Waals surface area contributed by atoms with Gasteiger partial charge >= 0.3 is 12.1 Å². The Labute approximate surface area is 156 Å². The summed E-state index contributed by atoms with van der Waals surface area (Å²) in [6, 6.07) is 8.12. The predicted molar refractivity (Wildman–Crippen MR) is 90.3 cm³/mol. The van der Waals surface area contributed by atoms with E-state index in [0.717, 1.165) is 18.2 Å². The summed E-state index contributed by atoms with van der Waals surface area (Å²) >= 11 is 0. The van der Waals surface area contributed by atoms with Crippen molar-refractivity contribution < 1.29 is 35.1 Å². The molecule has 11 heteroatoms. The number of oxazole rings is 1. The molecule has 3 aromatic rings. The summed E-state index contributed by atoms with van der Waals surface area (Å²) in [5, 5.41) is 5.00. The molecule has 1 aromatic heterocycles. The lowest BCUT2D eigenvalue weighted by molar-refractivity contribution is -0.156. The third kappa shape index (κ3) is 3.85. The number of rotatable bonds is 4. The minimum absolute atomic E-state index is 0.0804. The normalized spacial score (nSPS) is 12.2. The van der Waals surface area contributed by atoms with E-state index in [4.69, 9.17) is 14.3 Å². The second-order valence-electron chi connectivity index (χ2n) is 5.61. The first-order valence-corrected chi connectivity index (χ1v) is 9.10. The smallest absolute Gasteiger partial charge is 0.468 e. The van der Waals surface area contributed by atoms with Crippen molar-refractivity contribution >= 4 is 10.0 Å². The molecule has 6 nitrogen and oxygen atoms in total. The lowest BCUT2D eigenvalue weighted by Gasteiger charge is -2.06. The monoisotopic (exact) mass is 416 g/mol. The molecule has 0 aliphatic rings. The van der Waals surface area contributed by atoms with Crippen LogP contribution < -0.4 is 9.88 Å². The van der Waals surface area contributed by atoms with Crippen LogP contribution in [0.4, 0.5) is 17.6 Å². The van der Waals surface area contributed by atoms with E-state index < -0.39 is 33.7 Å². The number of hydrogen-bond donors (Lipinski definition) is 1. The van der Waals surface area contributed by atoms with Gasteiger partial charge in [0.1, 0.15) is 17.3 Å². The molecule has 0 atom stereocenters. The number of methoxy groups -OCH3 is 1. The molecule has 0 saturated heterocycles. The molecule has 0 bridgehead atoms. The van der Waals surface area contributed by atoms with Gasteiger partial charge in [0.25, 0.3) is 0 Å². The van der Waals surface area contributed by atoms with Gasteiger partial charge in [-0.15, -0.1) is 0 Å². The Morgan fingerprint density at radius 3 is 2.25 bits per heavy atom. The van der Waals surface area contributed by atoms with Crippen molar-refractivity contribution in [1.82, 2.24) is 4.98 Å². The van der Waals surface area contributed by atoms with Crippen LogP contribution in [0, 0.1) is 5.82 Å². The summed E-state index contributed by atoms with van der Waals surface area (Å²) in [6.45, 7) is 0. The van der Waals surface area contributed by atoms with Gasteiger partial charge in [0.15, 0.2) is 5.76 Å². The van der Waals surface area contributed by atoms with Crippen LogP contribution in [0.5, 0.6) is 5.75 Å². The third-order valence-corrected chi connectivity index (χ3v) is 4.68. The van der Waals surface area contributed by atoms with E-state index in [1.165, 1.54) is 31.4 Å². The number of alkyl halides is 3. The van der Waals surface area contributed by atoms with E-state index in [9.17, 15) is 26.0 Å². The van der Waals surface area contributed by atoms with Gasteiger partial charge in [-0.2, -0.15) is 13.2 Å². The largest absolute Gasteiger partial charge is 0.497 e. The van der Waals surface area contributed by atoms with Gasteiger partial charge in [-0.1, -0.05) is 12.1 Å². The van der Waals surface area contributed by atoms with E-state index >= 15 is 0 Å². The fourth-order valence-corrected chi connectivity index (χ4v) is 2.94. The first-order valence-electron chi connectivity index (χ1n) is 7.56. The van der Waals surface area contributed by atoms with Gasteiger partial charge in [-0.25, -0.2) is 22.9 Å². The standard InChI is InChI=1S/C17H12F4N2O4S/c1-26-10-4-7-12(13(18)8-10)15-14(23-16(27-15)17(19,20)21)9-2-5-11(6-3-9)28(22,24)25/h2-8H,1H3,(H2,22,24,25). The Kier molecular flexibility index (Phi) is 4.90. The van der Waals surface area contributed by atoms with Crippen LogP contribution in [0.15, 0.2) is 51.8 Å². The molecule has 0 fully saturated rings. The molecule has 28 heavy (non-hydrogen) atoms. The van der Waals surface area contributed by atoms with E-state index in [1.54, 1.807) is 0 Å². The van der Waals surface area contributed by atoms with Gasteiger partial charge < -0.3 is 9.15 Å². The zero-order chi connectivity index (χ0) is 20.7. The minimum Gasteiger partial charge on any atom is -0.497 e. The average molecular weight is 416 g/mol. The molecular formula is C17H12F4N2O4S. The zero-order valence-corrected chi connectivity index (χ0v) is 14.9. The first-order chi connectivity index (χ1) is 13.0. The van der Waals surface area contributed by atoms with Crippen molar-refractivity contribution in [3.8, 4) is 28.3 Å². The second-order valence-corrected chi connectivity index (χ2v) is 7.17. The lowest BCUT2D eigenvalue weighted by atomic mass is 10.1. The maximum absolute atomic E-state index is 14.4. The summed E-state index contributed by atoms with van der Waals surface area (Å²) in [6.07, 6.45) is -4.91. The van der Waals surface area contributed by atoms with Crippen molar-refractivity contribution in [2.45, 2.75) is 11.1 Å². The summed E-state index contributed by atoms with van der Waals surface area (Å²) in [4.78, 5) is 3.19. The van der Waals surface area contributed by atoms with Gasteiger partial charge in [0.05, 0.1) is 17.6 Å². The maximum atomic E-state index is 14.4. The highest BCUT2D eigenvalue weighted by Gasteiger charge is 2.39.